The van der Waals surface area contributed by atoms with Crippen LogP contribution in [0, 0.1) is 0 Å². The van der Waals surface area contributed by atoms with Crippen molar-refractivity contribution in [3.8, 4) is 5.75 Å². The highest BCUT2D eigenvalue weighted by atomic mass is 79.9. The molecule has 2 aromatic heterocycles. The Morgan fingerprint density at radius 1 is 1.17 bits per heavy atom. The van der Waals surface area contributed by atoms with Crippen LogP contribution in [0.3, 0.4) is 0 Å². The Kier molecular flexibility index (Phi) is 3.84. The highest BCUT2D eigenvalue weighted by Crippen LogP contribution is 2.30. The van der Waals surface area contributed by atoms with Gasteiger partial charge in [0.25, 0.3) is 5.82 Å². The van der Waals surface area contributed by atoms with E-state index in [1.807, 2.05) is 0 Å². The van der Waals surface area contributed by atoms with E-state index in [4.69, 9.17) is 4.74 Å². The van der Waals surface area contributed by atoms with Crippen LogP contribution in [0.1, 0.15) is 5.82 Å². The molecule has 0 fully saturated rings. The Morgan fingerprint density at radius 2 is 1.96 bits per heavy atom. The van der Waals surface area contributed by atoms with Crippen LogP contribution in [0.2, 0.25) is 0 Å². The van der Waals surface area contributed by atoms with Gasteiger partial charge in [-0.2, -0.15) is 17.7 Å². The number of nitrogens with zero attached hydrogens (tertiary/aromatic N) is 4. The molecule has 2 heterocycles. The third-order valence-corrected chi connectivity index (χ3v) is 3.60. The normalized spacial score (nSPS) is 11.7. The van der Waals surface area contributed by atoms with Gasteiger partial charge in [0, 0.05) is 11.8 Å². The summed E-state index contributed by atoms with van der Waals surface area (Å²) >= 11 is 3.32. The molecule has 0 aliphatic carbocycles. The van der Waals surface area contributed by atoms with Gasteiger partial charge in [-0.15, -0.1) is 15.3 Å². The first-order chi connectivity index (χ1) is 10.9. The molecule has 0 bridgehead atoms. The van der Waals surface area contributed by atoms with E-state index < -0.39 is 12.0 Å². The zero-order chi connectivity index (χ0) is 16.6. The summed E-state index contributed by atoms with van der Waals surface area (Å²) in [6.45, 7) is 0. The van der Waals surface area contributed by atoms with Gasteiger partial charge in [-0.05, 0) is 40.2 Å². The molecule has 1 aromatic carbocycles. The molecule has 0 saturated carbocycles. The molecule has 3 rings (SSSR count). The number of anilines is 2. The van der Waals surface area contributed by atoms with Gasteiger partial charge in [0.1, 0.15) is 5.75 Å². The van der Waals surface area contributed by atoms with Crippen LogP contribution in [0.4, 0.5) is 24.7 Å². The van der Waals surface area contributed by atoms with Crippen molar-refractivity contribution in [1.82, 2.24) is 19.8 Å². The fourth-order valence-corrected chi connectivity index (χ4v) is 2.33. The van der Waals surface area contributed by atoms with E-state index in [0.717, 1.165) is 4.47 Å². The Morgan fingerprint density at radius 3 is 2.65 bits per heavy atom. The highest BCUT2D eigenvalue weighted by Gasteiger charge is 2.37. The number of ether oxygens (including phenoxy) is 1. The minimum absolute atomic E-state index is 0.0104. The van der Waals surface area contributed by atoms with Crippen LogP contribution < -0.4 is 10.1 Å². The molecule has 0 saturated heterocycles. The molecule has 0 radical (unpaired) electrons. The zero-order valence-corrected chi connectivity index (χ0v) is 13.2. The van der Waals surface area contributed by atoms with Crippen LogP contribution in [-0.2, 0) is 6.18 Å². The molecule has 120 valence electrons. The molecule has 0 amide bonds. The van der Waals surface area contributed by atoms with E-state index >= 15 is 0 Å². The van der Waals surface area contributed by atoms with E-state index in [1.54, 1.807) is 18.2 Å². The SMILES string of the molecule is COc1cc(Nc2ccc3nnc(C(F)(F)F)n3n2)ccc1Br. The summed E-state index contributed by atoms with van der Waals surface area (Å²) in [6.07, 6.45) is -4.63. The average Bonchev–Trinajstić information content (AvgIpc) is 2.92. The quantitative estimate of drug-likeness (QED) is 0.742. The lowest BCUT2D eigenvalue weighted by Crippen LogP contribution is -2.13. The smallest absolute Gasteiger partial charge is 0.453 e. The van der Waals surface area contributed by atoms with Crippen molar-refractivity contribution >= 4 is 33.1 Å². The number of nitrogens with one attached hydrogen (secondary N) is 1. The van der Waals surface area contributed by atoms with Gasteiger partial charge in [-0.1, -0.05) is 0 Å². The van der Waals surface area contributed by atoms with Crippen molar-refractivity contribution in [3.63, 3.8) is 0 Å². The zero-order valence-electron chi connectivity index (χ0n) is 11.6. The van der Waals surface area contributed by atoms with Crippen LogP contribution in [0.25, 0.3) is 5.65 Å². The lowest BCUT2D eigenvalue weighted by Gasteiger charge is -2.09. The summed E-state index contributed by atoms with van der Waals surface area (Å²) in [7, 11) is 1.51. The first kappa shape index (κ1) is 15.5. The second-order valence-corrected chi connectivity index (χ2v) is 5.34. The third kappa shape index (κ3) is 3.07. The lowest BCUT2D eigenvalue weighted by atomic mass is 10.3. The fraction of sp³-hybridized carbons (Fsp3) is 0.154. The number of benzene rings is 1. The minimum Gasteiger partial charge on any atom is -0.495 e. The van der Waals surface area contributed by atoms with Crippen LogP contribution in [-0.4, -0.2) is 26.9 Å². The largest absolute Gasteiger partial charge is 0.495 e. The molecule has 0 unspecified atom stereocenters. The van der Waals surface area contributed by atoms with Gasteiger partial charge in [0.15, 0.2) is 11.5 Å². The Bertz CT molecular complexity index is 864. The highest BCUT2D eigenvalue weighted by molar-refractivity contribution is 9.10. The van der Waals surface area contributed by atoms with E-state index in [2.05, 4.69) is 36.5 Å². The van der Waals surface area contributed by atoms with Gasteiger partial charge in [0.2, 0.25) is 0 Å². The molecule has 0 aliphatic rings. The van der Waals surface area contributed by atoms with Crippen molar-refractivity contribution in [1.29, 1.82) is 0 Å². The van der Waals surface area contributed by atoms with Gasteiger partial charge in [-0.3, -0.25) is 0 Å². The van der Waals surface area contributed by atoms with E-state index in [9.17, 15) is 13.2 Å². The molecular weight excluding hydrogens is 379 g/mol. The summed E-state index contributed by atoms with van der Waals surface area (Å²) < 4.78 is 45.1. The maximum absolute atomic E-state index is 12.8. The van der Waals surface area contributed by atoms with Gasteiger partial charge < -0.3 is 10.1 Å². The summed E-state index contributed by atoms with van der Waals surface area (Å²) in [5.74, 6) is -0.381. The molecule has 3 aromatic rings. The number of rotatable bonds is 3. The standard InChI is InChI=1S/C13H9BrF3N5O/c1-23-9-6-7(2-3-8(9)14)18-10-4-5-11-19-20-12(13(15,16)17)22(11)21-10/h2-6H,1H3,(H,18,21). The van der Waals surface area contributed by atoms with Gasteiger partial charge in [-0.25, -0.2) is 0 Å². The van der Waals surface area contributed by atoms with Crippen molar-refractivity contribution in [2.75, 3.05) is 12.4 Å². The van der Waals surface area contributed by atoms with Crippen LogP contribution >= 0.6 is 15.9 Å². The van der Waals surface area contributed by atoms with Crippen molar-refractivity contribution in [2.45, 2.75) is 6.18 Å². The summed E-state index contributed by atoms with van der Waals surface area (Å²) in [6, 6.07) is 8.08. The predicted molar refractivity (Wildman–Crippen MR) is 79.8 cm³/mol. The number of halogens is 4. The van der Waals surface area contributed by atoms with Crippen molar-refractivity contribution in [3.05, 3.63) is 40.6 Å². The first-order valence-corrected chi connectivity index (χ1v) is 7.08. The minimum atomic E-state index is -4.63. The molecule has 1 N–H and O–H groups in total. The summed E-state index contributed by atoms with van der Waals surface area (Å²) in [5, 5.41) is 13.4. The third-order valence-electron chi connectivity index (χ3n) is 2.94. The number of hydrogen-bond acceptors (Lipinski definition) is 5. The molecule has 0 aliphatic heterocycles. The van der Waals surface area contributed by atoms with Gasteiger partial charge >= 0.3 is 6.18 Å². The van der Waals surface area contributed by atoms with Crippen molar-refractivity contribution in [2.24, 2.45) is 0 Å². The topological polar surface area (TPSA) is 64.3 Å². The molecule has 6 nitrogen and oxygen atoms in total. The van der Waals surface area contributed by atoms with Gasteiger partial charge in [0.05, 0.1) is 11.6 Å². The molecule has 0 atom stereocenters. The van der Waals surface area contributed by atoms with E-state index in [-0.39, 0.29) is 11.5 Å². The average molecular weight is 388 g/mol. The molecule has 23 heavy (non-hydrogen) atoms. The number of aromatic nitrogens is 4. The second-order valence-electron chi connectivity index (χ2n) is 4.48. The van der Waals surface area contributed by atoms with Crippen LogP contribution in [0.15, 0.2) is 34.8 Å². The Balaban J connectivity index is 1.97. The van der Waals surface area contributed by atoms with Crippen LogP contribution in [0.5, 0.6) is 5.75 Å². The summed E-state index contributed by atoms with van der Waals surface area (Å²) in [5.41, 5.74) is 0.620. The van der Waals surface area contributed by atoms with Crippen molar-refractivity contribution < 1.29 is 17.9 Å². The maximum Gasteiger partial charge on any atom is 0.453 e. The summed E-state index contributed by atoms with van der Waals surface area (Å²) in [4.78, 5) is 0. The predicted octanol–water partition coefficient (Wildman–Crippen LogP) is 3.66. The maximum atomic E-state index is 12.8. The number of fused-ring (bicyclic) bond motifs is 1. The molecule has 10 heteroatoms. The molecule has 0 spiro atoms. The number of alkyl halides is 3. The monoisotopic (exact) mass is 387 g/mol. The van der Waals surface area contributed by atoms with E-state index in [0.29, 0.717) is 16.0 Å². The lowest BCUT2D eigenvalue weighted by molar-refractivity contribution is -0.146. The number of hydrogen-bond donors (Lipinski definition) is 1. The van der Waals surface area contributed by atoms with E-state index in [1.165, 1.54) is 19.2 Å². The fourth-order valence-electron chi connectivity index (χ4n) is 1.92. The number of methoxy groups -OCH3 is 1. The molecular formula is C13H9BrF3N5O. The second kappa shape index (κ2) is 5.69. The Labute approximate surface area is 136 Å². The first-order valence-electron chi connectivity index (χ1n) is 6.29. The Hall–Kier alpha value is -2.36.